The molecule has 0 radical (unpaired) electrons. The molecule has 2 heterocycles. The summed E-state index contributed by atoms with van der Waals surface area (Å²) in [5, 5.41) is 18.8. The van der Waals surface area contributed by atoms with Gasteiger partial charge in [-0.1, -0.05) is 12.1 Å². The number of aromatic carboxylic acids is 1. The Kier molecular flexibility index (Phi) is 4.85. The summed E-state index contributed by atoms with van der Waals surface area (Å²) in [6.45, 7) is 2.03. The highest BCUT2D eigenvalue weighted by atomic mass is 19.1. The minimum Gasteiger partial charge on any atom is -0.503 e. The molecule has 0 bridgehead atoms. The van der Waals surface area contributed by atoms with Gasteiger partial charge in [0.25, 0.3) is 0 Å². The van der Waals surface area contributed by atoms with Crippen molar-refractivity contribution in [3.63, 3.8) is 0 Å². The lowest BCUT2D eigenvalue weighted by Gasteiger charge is -2.25. The highest BCUT2D eigenvalue weighted by molar-refractivity contribution is 5.87. The first-order valence-corrected chi connectivity index (χ1v) is 8.09. The Labute approximate surface area is 143 Å². The number of aromatic hydroxyl groups is 1. The van der Waals surface area contributed by atoms with E-state index < -0.39 is 22.7 Å². The molecule has 1 aromatic heterocycles. The maximum absolute atomic E-state index is 13.0. The van der Waals surface area contributed by atoms with Crippen LogP contribution in [0.15, 0.2) is 41.5 Å². The van der Waals surface area contributed by atoms with Gasteiger partial charge < -0.3 is 14.8 Å². The predicted molar refractivity (Wildman–Crippen MR) is 89.2 cm³/mol. The number of hydrogen-bond acceptors (Lipinski definition) is 4. The van der Waals surface area contributed by atoms with Gasteiger partial charge in [-0.15, -0.1) is 0 Å². The van der Waals surface area contributed by atoms with Crippen LogP contribution in [0.4, 0.5) is 4.39 Å². The van der Waals surface area contributed by atoms with Gasteiger partial charge >= 0.3 is 5.97 Å². The van der Waals surface area contributed by atoms with Gasteiger partial charge in [0.15, 0.2) is 5.75 Å². The number of likely N-dealkylation sites (tertiary alicyclic amines) is 1. The molecular weight excluding hydrogens is 327 g/mol. The van der Waals surface area contributed by atoms with Gasteiger partial charge in [0.1, 0.15) is 11.4 Å². The standard InChI is InChI=1S/C18H19FN2O4/c19-13-5-3-12(4-6-13)8-21-7-1-2-14(21)9-20-10-15(18(24)25)17(23)16(22)11-20/h3-6,10-11,14,22H,1-2,7-9H2,(H,24,25)/t14-/m0/s1. The second kappa shape index (κ2) is 7.06. The molecule has 3 rings (SSSR count). The molecule has 6 nitrogen and oxygen atoms in total. The molecule has 1 aliphatic rings. The van der Waals surface area contributed by atoms with E-state index in [9.17, 15) is 19.1 Å². The Morgan fingerprint density at radius 2 is 1.96 bits per heavy atom. The number of halogens is 1. The van der Waals surface area contributed by atoms with Gasteiger partial charge in [-0.05, 0) is 37.1 Å². The number of aromatic nitrogens is 1. The van der Waals surface area contributed by atoms with E-state index in [1.54, 1.807) is 16.7 Å². The fourth-order valence-corrected chi connectivity index (χ4v) is 3.25. The molecule has 1 atom stereocenters. The van der Waals surface area contributed by atoms with Crippen molar-refractivity contribution in [1.82, 2.24) is 9.47 Å². The van der Waals surface area contributed by atoms with Crippen molar-refractivity contribution >= 4 is 5.97 Å². The molecule has 2 N–H and O–H groups in total. The predicted octanol–water partition coefficient (Wildman–Crippen LogP) is 2.06. The summed E-state index contributed by atoms with van der Waals surface area (Å²) >= 11 is 0. The van der Waals surface area contributed by atoms with E-state index in [1.165, 1.54) is 24.5 Å². The summed E-state index contributed by atoms with van der Waals surface area (Å²) in [7, 11) is 0. The van der Waals surface area contributed by atoms with Crippen molar-refractivity contribution < 1.29 is 19.4 Å². The molecule has 0 spiro atoms. The van der Waals surface area contributed by atoms with E-state index in [0.717, 1.165) is 24.9 Å². The van der Waals surface area contributed by atoms with E-state index >= 15 is 0 Å². The number of benzene rings is 1. The molecule has 1 aromatic carbocycles. The van der Waals surface area contributed by atoms with Gasteiger partial charge in [-0.25, -0.2) is 9.18 Å². The molecule has 132 valence electrons. The van der Waals surface area contributed by atoms with E-state index in [1.807, 2.05) is 0 Å². The summed E-state index contributed by atoms with van der Waals surface area (Å²) in [5.41, 5.74) is -0.316. The number of carboxylic acid groups (broad SMARTS) is 1. The Balaban J connectivity index is 1.76. The number of hydrogen-bond donors (Lipinski definition) is 2. The molecule has 2 aromatic rings. The number of nitrogens with zero attached hydrogens (tertiary/aromatic N) is 2. The number of pyridine rings is 1. The maximum Gasteiger partial charge on any atom is 0.341 e. The Morgan fingerprint density at radius 1 is 1.24 bits per heavy atom. The minimum absolute atomic E-state index is 0.147. The van der Waals surface area contributed by atoms with Crippen LogP contribution >= 0.6 is 0 Å². The van der Waals surface area contributed by atoms with Crippen LogP contribution in [0.1, 0.15) is 28.8 Å². The van der Waals surface area contributed by atoms with Gasteiger partial charge in [-0.3, -0.25) is 9.69 Å². The molecule has 7 heteroatoms. The zero-order valence-corrected chi connectivity index (χ0v) is 13.6. The Hall–Kier alpha value is -2.67. The van der Waals surface area contributed by atoms with Crippen molar-refractivity contribution in [2.45, 2.75) is 32.0 Å². The van der Waals surface area contributed by atoms with Crippen molar-refractivity contribution in [2.75, 3.05) is 6.54 Å². The zero-order valence-electron chi connectivity index (χ0n) is 13.6. The summed E-state index contributed by atoms with van der Waals surface area (Å²) in [5.74, 6) is -2.20. The number of carboxylic acids is 1. The van der Waals surface area contributed by atoms with Crippen molar-refractivity contribution in [1.29, 1.82) is 0 Å². The fraction of sp³-hybridized carbons (Fsp3) is 0.333. The Bertz CT molecular complexity index is 832. The summed E-state index contributed by atoms with van der Waals surface area (Å²) in [6, 6.07) is 6.50. The average molecular weight is 346 g/mol. The highest BCUT2D eigenvalue weighted by Crippen LogP contribution is 2.22. The van der Waals surface area contributed by atoms with E-state index in [2.05, 4.69) is 4.90 Å². The molecule has 0 unspecified atom stereocenters. The molecular formula is C18H19FN2O4. The van der Waals surface area contributed by atoms with E-state index in [-0.39, 0.29) is 11.9 Å². The first-order chi connectivity index (χ1) is 11.9. The fourth-order valence-electron chi connectivity index (χ4n) is 3.25. The van der Waals surface area contributed by atoms with Gasteiger partial charge in [0.05, 0.1) is 0 Å². The first kappa shape index (κ1) is 17.2. The topological polar surface area (TPSA) is 82.8 Å². The van der Waals surface area contributed by atoms with Crippen LogP contribution in [0.2, 0.25) is 0 Å². The lowest BCUT2D eigenvalue weighted by molar-refractivity contribution is 0.0693. The molecule has 0 saturated carbocycles. The minimum atomic E-state index is -1.36. The first-order valence-electron chi connectivity index (χ1n) is 8.09. The quantitative estimate of drug-likeness (QED) is 0.866. The van der Waals surface area contributed by atoms with Gasteiger partial charge in [0.2, 0.25) is 5.43 Å². The van der Waals surface area contributed by atoms with Crippen LogP contribution in [-0.2, 0) is 13.1 Å². The lowest BCUT2D eigenvalue weighted by Crippen LogP contribution is -2.33. The third-order valence-corrected chi connectivity index (χ3v) is 4.51. The second-order valence-electron chi connectivity index (χ2n) is 6.28. The number of rotatable bonds is 5. The molecule has 1 fully saturated rings. The van der Waals surface area contributed by atoms with Crippen molar-refractivity contribution in [3.05, 3.63) is 63.8 Å². The highest BCUT2D eigenvalue weighted by Gasteiger charge is 2.25. The van der Waals surface area contributed by atoms with Crippen LogP contribution in [-0.4, -0.2) is 38.2 Å². The van der Waals surface area contributed by atoms with Gasteiger partial charge in [-0.2, -0.15) is 0 Å². The zero-order chi connectivity index (χ0) is 18.0. The smallest absolute Gasteiger partial charge is 0.341 e. The summed E-state index contributed by atoms with van der Waals surface area (Å²) in [4.78, 5) is 25.0. The van der Waals surface area contributed by atoms with Crippen LogP contribution in [0.5, 0.6) is 5.75 Å². The Morgan fingerprint density at radius 3 is 2.64 bits per heavy atom. The lowest BCUT2D eigenvalue weighted by atomic mass is 10.1. The van der Waals surface area contributed by atoms with E-state index in [0.29, 0.717) is 13.1 Å². The summed E-state index contributed by atoms with van der Waals surface area (Å²) in [6.07, 6.45) is 4.46. The van der Waals surface area contributed by atoms with Crippen LogP contribution < -0.4 is 5.43 Å². The van der Waals surface area contributed by atoms with Crippen LogP contribution in [0, 0.1) is 5.82 Å². The SMILES string of the molecule is O=C(O)c1cn(C[C@@H]2CCCN2Cc2ccc(F)cc2)cc(O)c1=O. The molecule has 1 saturated heterocycles. The second-order valence-corrected chi connectivity index (χ2v) is 6.28. The van der Waals surface area contributed by atoms with Crippen molar-refractivity contribution in [2.24, 2.45) is 0 Å². The molecule has 25 heavy (non-hydrogen) atoms. The van der Waals surface area contributed by atoms with Crippen LogP contribution in [0.3, 0.4) is 0 Å². The maximum atomic E-state index is 13.0. The van der Waals surface area contributed by atoms with E-state index in [4.69, 9.17) is 5.11 Å². The molecule has 0 amide bonds. The average Bonchev–Trinajstić information content (AvgIpc) is 2.99. The summed E-state index contributed by atoms with van der Waals surface area (Å²) < 4.78 is 14.6. The third-order valence-electron chi connectivity index (χ3n) is 4.51. The van der Waals surface area contributed by atoms with Gasteiger partial charge in [0, 0.05) is 31.5 Å². The normalized spacial score (nSPS) is 17.7. The monoisotopic (exact) mass is 346 g/mol. The molecule has 0 aliphatic carbocycles. The largest absolute Gasteiger partial charge is 0.503 e. The van der Waals surface area contributed by atoms with Crippen molar-refractivity contribution in [3.8, 4) is 5.75 Å². The molecule has 1 aliphatic heterocycles. The van der Waals surface area contributed by atoms with Crippen LogP contribution in [0.25, 0.3) is 0 Å². The third kappa shape index (κ3) is 3.88. The number of carbonyl (C=O) groups is 1.